The van der Waals surface area contributed by atoms with Crippen molar-refractivity contribution in [1.82, 2.24) is 4.90 Å². The molecule has 2 fully saturated rings. The van der Waals surface area contributed by atoms with Gasteiger partial charge in [-0.15, -0.1) is 0 Å². The lowest BCUT2D eigenvalue weighted by atomic mass is 10.1. The number of benzene rings is 1. The molecule has 1 aromatic carbocycles. The molecule has 8 nitrogen and oxygen atoms in total. The first-order valence-electron chi connectivity index (χ1n) is 10.6. The zero-order valence-electron chi connectivity index (χ0n) is 18.9. The summed E-state index contributed by atoms with van der Waals surface area (Å²) in [7, 11) is -3.32. The Morgan fingerprint density at radius 1 is 1.21 bits per heavy atom. The van der Waals surface area contributed by atoms with Crippen LogP contribution in [0.1, 0.15) is 31.7 Å². The molecule has 2 atom stereocenters. The number of carbonyl (C=O) groups is 2. The van der Waals surface area contributed by atoms with Crippen LogP contribution in [0.2, 0.25) is 0 Å². The van der Waals surface area contributed by atoms with Crippen LogP contribution in [-0.2, 0) is 19.4 Å². The molecule has 0 saturated carbocycles. The van der Waals surface area contributed by atoms with Crippen LogP contribution in [0.25, 0.3) is 0 Å². The number of nitrogens with zero attached hydrogens (tertiary/aromatic N) is 2. The third-order valence-corrected chi connectivity index (χ3v) is 6.51. The minimum absolute atomic E-state index is 0.490. The fourth-order valence-electron chi connectivity index (χ4n) is 4.15. The van der Waals surface area contributed by atoms with E-state index in [9.17, 15) is 26.4 Å². The average molecular weight is 494 g/mol. The number of aliphatic carboxylic acids is 1. The van der Waals surface area contributed by atoms with E-state index < -0.39 is 33.6 Å². The van der Waals surface area contributed by atoms with Gasteiger partial charge < -0.3 is 15.3 Å². The lowest BCUT2D eigenvalue weighted by molar-refractivity contribution is -0.192. The Labute approximate surface area is 191 Å². The second-order valence-corrected chi connectivity index (χ2v) is 10.7. The zero-order valence-corrected chi connectivity index (χ0v) is 19.7. The van der Waals surface area contributed by atoms with Gasteiger partial charge in [-0.3, -0.25) is 9.69 Å². The minimum atomic E-state index is -5.08. The number of alkyl halides is 3. The normalized spacial score (nSPS) is 21.5. The van der Waals surface area contributed by atoms with Gasteiger partial charge in [-0.05, 0) is 63.4 Å². The van der Waals surface area contributed by atoms with Crippen LogP contribution in [-0.4, -0.2) is 80.2 Å². The van der Waals surface area contributed by atoms with E-state index in [0.29, 0.717) is 17.8 Å². The number of hydrogen-bond acceptors (Lipinski definition) is 6. The van der Waals surface area contributed by atoms with Gasteiger partial charge in [0, 0.05) is 42.8 Å². The molecule has 12 heteroatoms. The second kappa shape index (κ2) is 10.7. The van der Waals surface area contributed by atoms with Crippen LogP contribution in [0.15, 0.2) is 18.2 Å². The zero-order chi connectivity index (χ0) is 25.0. The summed E-state index contributed by atoms with van der Waals surface area (Å²) >= 11 is 0. The predicted molar refractivity (Wildman–Crippen MR) is 119 cm³/mol. The first kappa shape index (κ1) is 26.9. The summed E-state index contributed by atoms with van der Waals surface area (Å²) in [6, 6.07) is 7.28. The Balaban J connectivity index is 0.000000479. The first-order valence-corrected chi connectivity index (χ1v) is 12.6. The highest BCUT2D eigenvalue weighted by molar-refractivity contribution is 7.91. The molecule has 186 valence electrons. The van der Waals surface area contributed by atoms with Crippen molar-refractivity contribution < 1.29 is 36.3 Å². The predicted octanol–water partition coefficient (Wildman–Crippen LogP) is 2.67. The Kier molecular flexibility index (Phi) is 8.75. The van der Waals surface area contributed by atoms with Crippen molar-refractivity contribution in [1.29, 1.82) is 0 Å². The summed E-state index contributed by atoms with van der Waals surface area (Å²) in [4.78, 5) is 25.8. The van der Waals surface area contributed by atoms with Crippen molar-refractivity contribution in [2.24, 2.45) is 0 Å². The van der Waals surface area contributed by atoms with Crippen LogP contribution < -0.4 is 10.2 Å². The standard InChI is InChI=1S/C19H29N3O3S.C2HF3O2/c1-14-11-16(6-7-18(14)20-19(23)13-26(3,24)25)21-10-8-17(12-21)22-9-4-5-15(22)2;3-2(4,5)1(6)7/h6-7,11,15,17H,4-5,8-10,12-13H2,1-3H3,(H,20,23);(H,6,7). The molecule has 0 spiro atoms. The molecular formula is C21H30F3N3O5S. The van der Waals surface area contributed by atoms with Crippen molar-refractivity contribution in [3.63, 3.8) is 0 Å². The highest BCUT2D eigenvalue weighted by Gasteiger charge is 2.38. The Bertz CT molecular complexity index is 968. The summed E-state index contributed by atoms with van der Waals surface area (Å²) in [5.74, 6) is -3.74. The van der Waals surface area contributed by atoms with Gasteiger partial charge in [0.2, 0.25) is 5.91 Å². The Morgan fingerprint density at radius 3 is 2.33 bits per heavy atom. The van der Waals surface area contributed by atoms with E-state index in [1.165, 1.54) is 25.8 Å². The number of aryl methyl sites for hydroxylation is 1. The largest absolute Gasteiger partial charge is 0.490 e. The number of hydrogen-bond donors (Lipinski definition) is 2. The number of carbonyl (C=O) groups excluding carboxylic acids is 1. The number of sulfone groups is 1. The third kappa shape index (κ3) is 8.18. The Hall–Kier alpha value is -2.34. The molecule has 2 aliphatic rings. The molecule has 0 radical (unpaired) electrons. The molecule has 0 bridgehead atoms. The summed E-state index contributed by atoms with van der Waals surface area (Å²) in [6.07, 6.45) is -0.222. The lowest BCUT2D eigenvalue weighted by Crippen LogP contribution is -2.39. The van der Waals surface area contributed by atoms with Crippen LogP contribution in [0.5, 0.6) is 0 Å². The van der Waals surface area contributed by atoms with Crippen LogP contribution in [0, 0.1) is 6.92 Å². The summed E-state index contributed by atoms with van der Waals surface area (Å²) in [6.45, 7) is 7.57. The first-order chi connectivity index (χ1) is 15.2. The molecule has 3 rings (SSSR count). The Morgan fingerprint density at radius 2 is 1.85 bits per heavy atom. The fraction of sp³-hybridized carbons (Fsp3) is 0.619. The highest BCUT2D eigenvalue weighted by Crippen LogP contribution is 2.30. The minimum Gasteiger partial charge on any atom is -0.475 e. The molecule has 1 aromatic rings. The van der Waals surface area contributed by atoms with Crippen molar-refractivity contribution in [3.05, 3.63) is 23.8 Å². The van der Waals surface area contributed by atoms with Crippen molar-refractivity contribution in [2.75, 3.05) is 41.9 Å². The van der Waals surface area contributed by atoms with Gasteiger partial charge in [-0.25, -0.2) is 13.2 Å². The van der Waals surface area contributed by atoms with E-state index in [4.69, 9.17) is 9.90 Å². The quantitative estimate of drug-likeness (QED) is 0.650. The molecule has 2 saturated heterocycles. The molecule has 2 N–H and O–H groups in total. The number of rotatable bonds is 5. The van der Waals surface area contributed by atoms with Gasteiger partial charge in [0.1, 0.15) is 5.75 Å². The second-order valence-electron chi connectivity index (χ2n) is 8.54. The van der Waals surface area contributed by atoms with E-state index in [1.807, 2.05) is 19.1 Å². The summed E-state index contributed by atoms with van der Waals surface area (Å²) < 4.78 is 54.2. The molecular weight excluding hydrogens is 463 g/mol. The molecule has 33 heavy (non-hydrogen) atoms. The van der Waals surface area contributed by atoms with Gasteiger partial charge in [0.15, 0.2) is 9.84 Å². The van der Waals surface area contributed by atoms with Crippen molar-refractivity contribution in [2.45, 2.75) is 51.4 Å². The van der Waals surface area contributed by atoms with E-state index in [-0.39, 0.29) is 0 Å². The SMILES string of the molecule is Cc1cc(N2CCC(N3CCCC3C)C2)ccc1NC(=O)CS(C)(=O)=O.O=C(O)C(F)(F)F. The number of amides is 1. The van der Waals surface area contributed by atoms with Gasteiger partial charge in [-0.2, -0.15) is 13.2 Å². The maximum Gasteiger partial charge on any atom is 0.490 e. The molecule has 0 aliphatic carbocycles. The van der Waals surface area contributed by atoms with Crippen LogP contribution in [0.4, 0.5) is 24.5 Å². The van der Waals surface area contributed by atoms with Gasteiger partial charge in [-0.1, -0.05) is 0 Å². The number of halogens is 3. The smallest absolute Gasteiger partial charge is 0.475 e. The molecule has 1 amide bonds. The number of carboxylic acid groups (broad SMARTS) is 1. The van der Waals surface area contributed by atoms with Crippen molar-refractivity contribution >= 4 is 33.1 Å². The topological polar surface area (TPSA) is 107 Å². The summed E-state index contributed by atoms with van der Waals surface area (Å²) in [5.41, 5.74) is 2.78. The lowest BCUT2D eigenvalue weighted by Gasteiger charge is -2.28. The number of carboxylic acids is 1. The fourth-order valence-corrected chi connectivity index (χ4v) is 4.70. The molecule has 0 aromatic heterocycles. The van der Waals surface area contributed by atoms with E-state index in [2.05, 4.69) is 28.1 Å². The number of nitrogens with one attached hydrogen (secondary N) is 1. The molecule has 2 unspecified atom stereocenters. The number of likely N-dealkylation sites (tertiary alicyclic amines) is 1. The van der Waals surface area contributed by atoms with Gasteiger partial charge in [0.05, 0.1) is 0 Å². The van der Waals surface area contributed by atoms with E-state index in [1.54, 1.807) is 0 Å². The third-order valence-electron chi connectivity index (χ3n) is 5.72. The maximum atomic E-state index is 11.8. The average Bonchev–Trinajstić information content (AvgIpc) is 3.30. The van der Waals surface area contributed by atoms with E-state index >= 15 is 0 Å². The highest BCUT2D eigenvalue weighted by atomic mass is 32.2. The van der Waals surface area contributed by atoms with Crippen molar-refractivity contribution in [3.8, 4) is 0 Å². The molecule has 2 heterocycles. The van der Waals surface area contributed by atoms with E-state index in [0.717, 1.165) is 30.6 Å². The summed E-state index contributed by atoms with van der Waals surface area (Å²) in [5, 5.41) is 9.82. The van der Waals surface area contributed by atoms with Gasteiger partial charge >= 0.3 is 12.1 Å². The van der Waals surface area contributed by atoms with Crippen LogP contribution >= 0.6 is 0 Å². The van der Waals surface area contributed by atoms with Crippen LogP contribution in [0.3, 0.4) is 0 Å². The maximum absolute atomic E-state index is 11.8. The number of anilines is 2. The molecule has 2 aliphatic heterocycles. The van der Waals surface area contributed by atoms with Gasteiger partial charge in [0.25, 0.3) is 0 Å². The monoisotopic (exact) mass is 493 g/mol.